The Morgan fingerprint density at radius 2 is 2.00 bits per heavy atom. The van der Waals surface area contributed by atoms with Crippen LogP contribution in [-0.4, -0.2) is 26.2 Å². The Labute approximate surface area is 111 Å². The summed E-state index contributed by atoms with van der Waals surface area (Å²) in [6.45, 7) is 9.41. The molecule has 0 aliphatic carbocycles. The molecule has 0 radical (unpaired) electrons. The molecular weight excluding hydrogens is 224 g/mol. The molecule has 0 spiro atoms. The van der Waals surface area contributed by atoms with E-state index >= 15 is 0 Å². The van der Waals surface area contributed by atoms with Gasteiger partial charge in [0.2, 0.25) is 0 Å². The number of benzene rings is 1. The molecule has 0 amide bonds. The van der Waals surface area contributed by atoms with Gasteiger partial charge in [-0.15, -0.1) is 0 Å². The van der Waals surface area contributed by atoms with Gasteiger partial charge in [-0.05, 0) is 32.5 Å². The molecule has 0 bridgehead atoms. The monoisotopic (exact) mass is 250 g/mol. The van der Waals surface area contributed by atoms with Crippen LogP contribution in [0.25, 0.3) is 0 Å². The van der Waals surface area contributed by atoms with Crippen LogP contribution in [0.4, 0.5) is 0 Å². The fraction of sp³-hybridized carbons (Fsp3) is 0.600. The van der Waals surface area contributed by atoms with Crippen molar-refractivity contribution in [3.05, 3.63) is 29.3 Å². The quantitative estimate of drug-likeness (QED) is 0.695. The highest BCUT2D eigenvalue weighted by Crippen LogP contribution is 2.19. The second-order valence-corrected chi connectivity index (χ2v) is 4.95. The molecule has 0 saturated carbocycles. The topological polar surface area (TPSA) is 33.3 Å². The molecule has 0 atom stereocenters. The summed E-state index contributed by atoms with van der Waals surface area (Å²) >= 11 is 0. The number of methoxy groups -OCH3 is 1. The normalized spacial score (nSPS) is 10.9. The van der Waals surface area contributed by atoms with Crippen molar-refractivity contribution in [3.63, 3.8) is 0 Å². The molecule has 0 unspecified atom stereocenters. The standard InChI is InChI=1S/C15H26N2O/c1-12(2)17-9-5-8-16-11-14-10-13(3)6-7-15(14)18-4/h6-7,10,12,16-17H,5,8-9,11H2,1-4H3. The van der Waals surface area contributed by atoms with E-state index in [1.54, 1.807) is 7.11 Å². The largest absolute Gasteiger partial charge is 0.496 e. The van der Waals surface area contributed by atoms with E-state index in [1.807, 2.05) is 6.07 Å². The zero-order valence-corrected chi connectivity index (χ0v) is 12.0. The van der Waals surface area contributed by atoms with Gasteiger partial charge >= 0.3 is 0 Å². The summed E-state index contributed by atoms with van der Waals surface area (Å²) in [6.07, 6.45) is 1.15. The maximum absolute atomic E-state index is 5.36. The van der Waals surface area contributed by atoms with Crippen molar-refractivity contribution in [2.45, 2.75) is 39.8 Å². The molecule has 1 aromatic carbocycles. The van der Waals surface area contributed by atoms with Gasteiger partial charge < -0.3 is 15.4 Å². The zero-order valence-electron chi connectivity index (χ0n) is 12.0. The fourth-order valence-corrected chi connectivity index (χ4v) is 1.87. The number of hydrogen-bond acceptors (Lipinski definition) is 3. The van der Waals surface area contributed by atoms with Gasteiger partial charge in [0.05, 0.1) is 7.11 Å². The first-order valence-electron chi connectivity index (χ1n) is 6.71. The highest BCUT2D eigenvalue weighted by Gasteiger charge is 2.02. The van der Waals surface area contributed by atoms with Gasteiger partial charge in [0.25, 0.3) is 0 Å². The van der Waals surface area contributed by atoms with Crippen LogP contribution in [0.15, 0.2) is 18.2 Å². The fourth-order valence-electron chi connectivity index (χ4n) is 1.87. The third-order valence-electron chi connectivity index (χ3n) is 2.83. The van der Waals surface area contributed by atoms with E-state index in [2.05, 4.69) is 43.5 Å². The lowest BCUT2D eigenvalue weighted by Gasteiger charge is -2.11. The first-order chi connectivity index (χ1) is 8.63. The maximum atomic E-state index is 5.36. The minimum atomic E-state index is 0.571. The average molecular weight is 250 g/mol. The summed E-state index contributed by atoms with van der Waals surface area (Å²) < 4.78 is 5.36. The zero-order chi connectivity index (χ0) is 13.4. The Morgan fingerprint density at radius 3 is 2.67 bits per heavy atom. The molecular formula is C15H26N2O. The molecule has 0 aliphatic heterocycles. The van der Waals surface area contributed by atoms with Crippen LogP contribution in [0.3, 0.4) is 0 Å². The number of rotatable bonds is 8. The summed E-state index contributed by atoms with van der Waals surface area (Å²) in [5.74, 6) is 0.966. The number of ether oxygens (including phenoxy) is 1. The van der Waals surface area contributed by atoms with Crippen molar-refractivity contribution in [3.8, 4) is 5.75 Å². The first kappa shape index (κ1) is 15.0. The molecule has 3 heteroatoms. The van der Waals surface area contributed by atoms with Gasteiger partial charge in [-0.2, -0.15) is 0 Å². The minimum absolute atomic E-state index is 0.571. The Hall–Kier alpha value is -1.06. The van der Waals surface area contributed by atoms with Gasteiger partial charge in [-0.25, -0.2) is 0 Å². The van der Waals surface area contributed by atoms with Crippen LogP contribution in [0, 0.1) is 6.92 Å². The second-order valence-electron chi connectivity index (χ2n) is 4.95. The maximum Gasteiger partial charge on any atom is 0.123 e. The molecule has 0 aromatic heterocycles. The lowest BCUT2D eigenvalue weighted by atomic mass is 10.1. The van der Waals surface area contributed by atoms with Crippen molar-refractivity contribution in [2.75, 3.05) is 20.2 Å². The van der Waals surface area contributed by atoms with Crippen LogP contribution >= 0.6 is 0 Å². The SMILES string of the molecule is COc1ccc(C)cc1CNCCCNC(C)C. The van der Waals surface area contributed by atoms with Crippen LogP contribution in [-0.2, 0) is 6.54 Å². The van der Waals surface area contributed by atoms with E-state index < -0.39 is 0 Å². The molecule has 0 saturated heterocycles. The van der Waals surface area contributed by atoms with Gasteiger partial charge in [0.1, 0.15) is 5.75 Å². The summed E-state index contributed by atoms with van der Waals surface area (Å²) in [7, 11) is 1.72. The van der Waals surface area contributed by atoms with Gasteiger partial charge in [0, 0.05) is 18.2 Å². The first-order valence-corrected chi connectivity index (χ1v) is 6.71. The van der Waals surface area contributed by atoms with E-state index in [9.17, 15) is 0 Å². The Morgan fingerprint density at radius 1 is 1.22 bits per heavy atom. The minimum Gasteiger partial charge on any atom is -0.496 e. The summed E-state index contributed by atoms with van der Waals surface area (Å²) in [5.41, 5.74) is 2.50. The van der Waals surface area contributed by atoms with E-state index in [1.165, 1.54) is 11.1 Å². The summed E-state index contributed by atoms with van der Waals surface area (Å²) in [6, 6.07) is 6.86. The summed E-state index contributed by atoms with van der Waals surface area (Å²) in [4.78, 5) is 0. The van der Waals surface area contributed by atoms with Crippen molar-refractivity contribution in [1.29, 1.82) is 0 Å². The van der Waals surface area contributed by atoms with E-state index in [0.29, 0.717) is 6.04 Å². The van der Waals surface area contributed by atoms with Crippen LogP contribution < -0.4 is 15.4 Å². The van der Waals surface area contributed by atoms with E-state index in [4.69, 9.17) is 4.74 Å². The van der Waals surface area contributed by atoms with Gasteiger partial charge in [0.15, 0.2) is 0 Å². The highest BCUT2D eigenvalue weighted by atomic mass is 16.5. The predicted molar refractivity (Wildman–Crippen MR) is 77.2 cm³/mol. The molecule has 2 N–H and O–H groups in total. The molecule has 18 heavy (non-hydrogen) atoms. The Bertz CT molecular complexity index is 350. The van der Waals surface area contributed by atoms with Crippen LogP contribution in [0.1, 0.15) is 31.4 Å². The molecule has 1 rings (SSSR count). The lowest BCUT2D eigenvalue weighted by Crippen LogP contribution is -2.26. The number of nitrogens with one attached hydrogen (secondary N) is 2. The van der Waals surface area contributed by atoms with E-state index in [0.717, 1.165) is 31.8 Å². The molecule has 102 valence electrons. The number of hydrogen-bond donors (Lipinski definition) is 2. The van der Waals surface area contributed by atoms with Gasteiger partial charge in [-0.3, -0.25) is 0 Å². The third-order valence-corrected chi connectivity index (χ3v) is 2.83. The van der Waals surface area contributed by atoms with Crippen molar-refractivity contribution < 1.29 is 4.74 Å². The van der Waals surface area contributed by atoms with Crippen molar-refractivity contribution >= 4 is 0 Å². The van der Waals surface area contributed by atoms with E-state index in [-0.39, 0.29) is 0 Å². The molecule has 1 aromatic rings. The predicted octanol–water partition coefficient (Wildman–Crippen LogP) is 2.48. The summed E-state index contributed by atoms with van der Waals surface area (Å²) in [5, 5.41) is 6.87. The van der Waals surface area contributed by atoms with Gasteiger partial charge in [-0.1, -0.05) is 31.5 Å². The molecule has 0 fully saturated rings. The van der Waals surface area contributed by atoms with Crippen LogP contribution in [0.5, 0.6) is 5.75 Å². The highest BCUT2D eigenvalue weighted by molar-refractivity contribution is 5.36. The van der Waals surface area contributed by atoms with Crippen molar-refractivity contribution in [1.82, 2.24) is 10.6 Å². The molecule has 0 heterocycles. The lowest BCUT2D eigenvalue weighted by molar-refractivity contribution is 0.407. The molecule has 3 nitrogen and oxygen atoms in total. The second kappa shape index (κ2) is 8.11. The number of aryl methyl sites for hydroxylation is 1. The van der Waals surface area contributed by atoms with Crippen molar-refractivity contribution in [2.24, 2.45) is 0 Å². The smallest absolute Gasteiger partial charge is 0.123 e. The Kier molecular flexibility index (Phi) is 6.76. The Balaban J connectivity index is 2.28. The van der Waals surface area contributed by atoms with Crippen LogP contribution in [0.2, 0.25) is 0 Å². The molecule has 0 aliphatic rings. The average Bonchev–Trinajstić information content (AvgIpc) is 2.33. The third kappa shape index (κ3) is 5.52.